The van der Waals surface area contributed by atoms with Crippen molar-refractivity contribution >= 4 is 11.9 Å². The number of nitrogens with one attached hydrogen (secondary N) is 1. The number of hydrogen-bond acceptors (Lipinski definition) is 3. The molecule has 0 spiro atoms. The van der Waals surface area contributed by atoms with Crippen LogP contribution in [0.1, 0.15) is 27.2 Å². The number of carbonyl (C=O) groups is 2. The van der Waals surface area contributed by atoms with Gasteiger partial charge in [0.25, 0.3) is 5.91 Å². The lowest BCUT2D eigenvalue weighted by Gasteiger charge is -2.39. The highest BCUT2D eigenvalue weighted by atomic mass is 19.4. The Bertz CT molecular complexity index is 1100. The number of aromatic amines is 1. The molecule has 1 amide bonds. The number of amides is 1. The molecule has 1 saturated heterocycles. The van der Waals surface area contributed by atoms with Crippen LogP contribution in [-0.2, 0) is 17.6 Å². The average Bonchev–Trinajstić information content (AvgIpc) is 3.29. The van der Waals surface area contributed by atoms with E-state index in [0.29, 0.717) is 11.7 Å². The summed E-state index contributed by atoms with van der Waals surface area (Å²) >= 11 is 0. The van der Waals surface area contributed by atoms with Crippen molar-refractivity contribution in [3.63, 3.8) is 0 Å². The van der Waals surface area contributed by atoms with Gasteiger partial charge in [-0.15, -0.1) is 0 Å². The molecular formula is C26H28F3N3O3. The molecule has 0 saturated carbocycles. The van der Waals surface area contributed by atoms with E-state index < -0.39 is 12.1 Å². The minimum Gasteiger partial charge on any atom is -0.475 e. The summed E-state index contributed by atoms with van der Waals surface area (Å²) in [6.45, 7) is 2.44. The van der Waals surface area contributed by atoms with Crippen LogP contribution in [0, 0.1) is 0 Å². The minimum absolute atomic E-state index is 0.102. The monoisotopic (exact) mass is 487 g/mol. The van der Waals surface area contributed by atoms with E-state index >= 15 is 0 Å². The lowest BCUT2D eigenvalue weighted by atomic mass is 10.0. The lowest BCUT2D eigenvalue weighted by molar-refractivity contribution is -0.192. The minimum atomic E-state index is -5.08. The number of rotatable bonds is 5. The van der Waals surface area contributed by atoms with Crippen LogP contribution in [0.5, 0.6) is 0 Å². The average molecular weight is 488 g/mol. The lowest BCUT2D eigenvalue weighted by Crippen LogP contribution is -2.54. The number of likely N-dealkylation sites (N-methyl/N-ethyl adjacent to an activating group) is 1. The number of aliphatic carboxylic acids is 1. The number of nitrogens with zero attached hydrogens (tertiary/aromatic N) is 2. The number of alkyl halides is 3. The van der Waals surface area contributed by atoms with Crippen molar-refractivity contribution in [3.8, 4) is 0 Å². The number of aromatic nitrogens is 1. The molecule has 2 aromatic carbocycles. The Labute approximate surface area is 202 Å². The fourth-order valence-electron chi connectivity index (χ4n) is 3.90. The number of carboxylic acid groups (broad SMARTS) is 1. The molecule has 2 heterocycles. The van der Waals surface area contributed by atoms with Crippen LogP contribution < -0.4 is 0 Å². The first-order valence-corrected chi connectivity index (χ1v) is 11.2. The molecule has 1 aliphatic rings. The topological polar surface area (TPSA) is 76.6 Å². The molecule has 1 atom stereocenters. The van der Waals surface area contributed by atoms with E-state index in [2.05, 4.69) is 53.3 Å². The van der Waals surface area contributed by atoms with Crippen LogP contribution in [0.15, 0.2) is 72.9 Å². The summed E-state index contributed by atoms with van der Waals surface area (Å²) in [6.07, 6.45) is -1.33. The Kier molecular flexibility index (Phi) is 8.70. The maximum Gasteiger partial charge on any atom is 0.490 e. The molecule has 1 fully saturated rings. The van der Waals surface area contributed by atoms with E-state index in [9.17, 15) is 18.0 Å². The van der Waals surface area contributed by atoms with Crippen LogP contribution in [0.4, 0.5) is 13.2 Å². The second-order valence-corrected chi connectivity index (χ2v) is 8.46. The van der Waals surface area contributed by atoms with E-state index in [0.717, 1.165) is 38.0 Å². The van der Waals surface area contributed by atoms with Crippen molar-refractivity contribution in [2.45, 2.75) is 25.1 Å². The third-order valence-electron chi connectivity index (χ3n) is 5.85. The Morgan fingerprint density at radius 2 is 1.54 bits per heavy atom. The van der Waals surface area contributed by atoms with Gasteiger partial charge in [-0.3, -0.25) is 9.69 Å². The molecule has 1 unspecified atom stereocenters. The zero-order valence-corrected chi connectivity index (χ0v) is 19.3. The van der Waals surface area contributed by atoms with Crippen LogP contribution in [-0.4, -0.2) is 70.7 Å². The Hall–Kier alpha value is -3.59. The highest BCUT2D eigenvalue weighted by Gasteiger charge is 2.38. The van der Waals surface area contributed by atoms with Crippen LogP contribution in [0.3, 0.4) is 0 Å². The largest absolute Gasteiger partial charge is 0.490 e. The molecule has 186 valence electrons. The molecule has 1 aromatic heterocycles. The SMILES string of the molecule is CN1CCN(C(=O)c2cc(Cc3ccccc3)c[nH]2)CC1Cc1ccccc1.O=C(O)C(F)(F)F. The molecule has 9 heteroatoms. The Morgan fingerprint density at radius 1 is 0.971 bits per heavy atom. The number of benzene rings is 2. The highest BCUT2D eigenvalue weighted by Crippen LogP contribution is 2.17. The van der Waals surface area contributed by atoms with Gasteiger partial charge in [-0.1, -0.05) is 60.7 Å². The fraction of sp³-hybridized carbons (Fsp3) is 0.308. The zero-order valence-electron chi connectivity index (χ0n) is 19.3. The van der Waals surface area contributed by atoms with E-state index in [-0.39, 0.29) is 5.91 Å². The van der Waals surface area contributed by atoms with Crippen molar-refractivity contribution in [2.24, 2.45) is 0 Å². The smallest absolute Gasteiger partial charge is 0.475 e. The van der Waals surface area contributed by atoms with E-state index in [4.69, 9.17) is 9.90 Å². The first-order chi connectivity index (χ1) is 16.6. The predicted molar refractivity (Wildman–Crippen MR) is 126 cm³/mol. The number of carboxylic acids is 1. The summed E-state index contributed by atoms with van der Waals surface area (Å²) in [7, 11) is 2.15. The first kappa shape index (κ1) is 26.0. The fourth-order valence-corrected chi connectivity index (χ4v) is 3.90. The third-order valence-corrected chi connectivity index (χ3v) is 5.85. The Morgan fingerprint density at radius 3 is 2.11 bits per heavy atom. The van der Waals surface area contributed by atoms with Crippen molar-refractivity contribution in [2.75, 3.05) is 26.7 Å². The highest BCUT2D eigenvalue weighted by molar-refractivity contribution is 5.92. The van der Waals surface area contributed by atoms with Crippen molar-refractivity contribution < 1.29 is 27.9 Å². The van der Waals surface area contributed by atoms with Crippen LogP contribution in [0.25, 0.3) is 0 Å². The van der Waals surface area contributed by atoms with Gasteiger partial charge in [0.2, 0.25) is 0 Å². The summed E-state index contributed by atoms with van der Waals surface area (Å²) in [6, 6.07) is 23.2. The van der Waals surface area contributed by atoms with Crippen LogP contribution in [0.2, 0.25) is 0 Å². The molecule has 3 aromatic rings. The van der Waals surface area contributed by atoms with Gasteiger partial charge < -0.3 is 15.0 Å². The van der Waals surface area contributed by atoms with Crippen molar-refractivity contribution in [1.82, 2.24) is 14.8 Å². The van der Waals surface area contributed by atoms with Gasteiger partial charge in [0, 0.05) is 31.9 Å². The number of carbonyl (C=O) groups excluding carboxylic acids is 1. The molecule has 2 N–H and O–H groups in total. The number of H-pyrrole nitrogens is 1. The van der Waals surface area contributed by atoms with E-state index in [1.165, 1.54) is 11.1 Å². The quantitative estimate of drug-likeness (QED) is 0.565. The predicted octanol–water partition coefficient (Wildman–Crippen LogP) is 4.24. The van der Waals surface area contributed by atoms with Gasteiger partial charge >= 0.3 is 12.1 Å². The molecule has 35 heavy (non-hydrogen) atoms. The molecule has 0 radical (unpaired) electrons. The van der Waals surface area contributed by atoms with Gasteiger partial charge in [0.15, 0.2) is 0 Å². The third kappa shape index (κ3) is 7.71. The molecule has 0 bridgehead atoms. The molecule has 4 rings (SSSR count). The molecule has 0 aliphatic carbocycles. The second kappa shape index (κ2) is 11.7. The number of piperazine rings is 1. The number of halogens is 3. The summed E-state index contributed by atoms with van der Waals surface area (Å²) < 4.78 is 31.7. The standard InChI is InChI=1S/C24H27N3O.C2HF3O2/c1-26-12-13-27(18-22(26)15-20-10-6-3-7-11-20)24(28)23-16-21(17-25-23)14-19-8-4-2-5-9-19;3-2(4,5)1(6)7/h2-11,16-17,22,25H,12-15,18H2,1H3;(H,6,7). The van der Waals surface area contributed by atoms with Gasteiger partial charge in [-0.05, 0) is 42.6 Å². The summed E-state index contributed by atoms with van der Waals surface area (Å²) in [5, 5.41) is 7.12. The molecular weight excluding hydrogens is 459 g/mol. The van der Waals surface area contributed by atoms with Gasteiger partial charge in [0.05, 0.1) is 0 Å². The molecule has 6 nitrogen and oxygen atoms in total. The van der Waals surface area contributed by atoms with Gasteiger partial charge in [0.1, 0.15) is 5.69 Å². The van der Waals surface area contributed by atoms with Crippen molar-refractivity contribution in [1.29, 1.82) is 0 Å². The Balaban J connectivity index is 0.000000429. The second-order valence-electron chi connectivity index (χ2n) is 8.46. The maximum atomic E-state index is 13.0. The summed E-state index contributed by atoms with van der Waals surface area (Å²) in [4.78, 5) is 29.5. The zero-order chi connectivity index (χ0) is 25.4. The van der Waals surface area contributed by atoms with Gasteiger partial charge in [-0.25, -0.2) is 4.79 Å². The molecule has 1 aliphatic heterocycles. The normalized spacial score (nSPS) is 16.3. The number of hydrogen-bond donors (Lipinski definition) is 2. The summed E-state index contributed by atoms with van der Waals surface area (Å²) in [5.74, 6) is -2.65. The van der Waals surface area contributed by atoms with Crippen LogP contribution >= 0.6 is 0 Å². The van der Waals surface area contributed by atoms with Gasteiger partial charge in [-0.2, -0.15) is 13.2 Å². The van der Waals surface area contributed by atoms with E-state index in [1.807, 2.05) is 41.4 Å². The maximum absolute atomic E-state index is 13.0. The van der Waals surface area contributed by atoms with E-state index in [1.54, 1.807) is 0 Å². The first-order valence-electron chi connectivity index (χ1n) is 11.2. The summed E-state index contributed by atoms with van der Waals surface area (Å²) in [5.41, 5.74) is 4.40. The van der Waals surface area contributed by atoms with Crippen molar-refractivity contribution in [3.05, 3.63) is 95.3 Å².